The summed E-state index contributed by atoms with van der Waals surface area (Å²) in [5, 5.41) is 2.90. The van der Waals surface area contributed by atoms with Gasteiger partial charge >= 0.3 is 0 Å². The van der Waals surface area contributed by atoms with E-state index in [1.54, 1.807) is 18.2 Å². The summed E-state index contributed by atoms with van der Waals surface area (Å²) >= 11 is 0. The number of carbonyl (C=O) groups is 1. The zero-order valence-electron chi connectivity index (χ0n) is 13.9. The van der Waals surface area contributed by atoms with Gasteiger partial charge in [0.1, 0.15) is 11.5 Å². The van der Waals surface area contributed by atoms with Crippen LogP contribution in [0, 0.1) is 0 Å². The van der Waals surface area contributed by atoms with Crippen molar-refractivity contribution in [2.45, 2.75) is 6.92 Å². The van der Waals surface area contributed by atoms with Crippen molar-refractivity contribution in [2.75, 3.05) is 11.9 Å². The molecule has 0 aliphatic heterocycles. The summed E-state index contributed by atoms with van der Waals surface area (Å²) in [7, 11) is 0. The molecule has 0 atom stereocenters. The Morgan fingerprint density at radius 1 is 0.880 bits per heavy atom. The minimum atomic E-state index is -0.217. The molecule has 0 saturated carbocycles. The van der Waals surface area contributed by atoms with Gasteiger partial charge in [-0.05, 0) is 49.4 Å². The first kappa shape index (κ1) is 16.6. The highest BCUT2D eigenvalue weighted by atomic mass is 16.5. The zero-order valence-corrected chi connectivity index (χ0v) is 13.9. The fourth-order valence-corrected chi connectivity index (χ4v) is 2.36. The summed E-state index contributed by atoms with van der Waals surface area (Å²) in [6, 6.07) is 23.9. The van der Waals surface area contributed by atoms with Gasteiger partial charge in [0, 0.05) is 5.56 Å². The molecule has 0 bridgehead atoms. The first-order chi connectivity index (χ1) is 12.3. The number of nitrogens with one attached hydrogen (secondary N) is 1. The topological polar surface area (TPSA) is 47.6 Å². The maximum atomic E-state index is 12.6. The van der Waals surface area contributed by atoms with Crippen molar-refractivity contribution in [3.8, 4) is 17.2 Å². The number of amides is 1. The highest BCUT2D eigenvalue weighted by Crippen LogP contribution is 2.29. The minimum absolute atomic E-state index is 0.217. The second-order valence-corrected chi connectivity index (χ2v) is 5.33. The Hall–Kier alpha value is -3.27. The van der Waals surface area contributed by atoms with Crippen molar-refractivity contribution in [1.29, 1.82) is 0 Å². The summed E-state index contributed by atoms with van der Waals surface area (Å²) in [6.07, 6.45) is 0. The fourth-order valence-electron chi connectivity index (χ4n) is 2.36. The van der Waals surface area contributed by atoms with Crippen molar-refractivity contribution in [2.24, 2.45) is 0 Å². The van der Waals surface area contributed by atoms with E-state index in [0.29, 0.717) is 35.1 Å². The first-order valence-electron chi connectivity index (χ1n) is 8.12. The van der Waals surface area contributed by atoms with E-state index in [4.69, 9.17) is 9.47 Å². The molecule has 3 aromatic rings. The molecule has 1 amide bonds. The Balaban J connectivity index is 1.78. The lowest BCUT2D eigenvalue weighted by Crippen LogP contribution is -2.12. The van der Waals surface area contributed by atoms with E-state index in [-0.39, 0.29) is 5.91 Å². The van der Waals surface area contributed by atoms with Crippen molar-refractivity contribution >= 4 is 11.6 Å². The highest BCUT2D eigenvalue weighted by molar-refractivity contribution is 6.05. The smallest absolute Gasteiger partial charge is 0.255 e. The number of ether oxygens (including phenoxy) is 2. The van der Waals surface area contributed by atoms with Gasteiger partial charge in [-0.1, -0.05) is 36.4 Å². The van der Waals surface area contributed by atoms with Gasteiger partial charge < -0.3 is 14.8 Å². The Morgan fingerprint density at radius 3 is 2.40 bits per heavy atom. The predicted octanol–water partition coefficient (Wildman–Crippen LogP) is 5.13. The van der Waals surface area contributed by atoms with Crippen LogP contribution in [0.4, 0.5) is 5.69 Å². The molecule has 3 rings (SSSR count). The van der Waals surface area contributed by atoms with Crippen LogP contribution < -0.4 is 14.8 Å². The Kier molecular flexibility index (Phi) is 5.32. The van der Waals surface area contributed by atoms with Gasteiger partial charge in [-0.25, -0.2) is 0 Å². The number of para-hydroxylation sites is 3. The number of hydrogen-bond acceptors (Lipinski definition) is 3. The molecule has 126 valence electrons. The average molecular weight is 333 g/mol. The van der Waals surface area contributed by atoms with Crippen LogP contribution in [0.2, 0.25) is 0 Å². The SMILES string of the molecule is CCOc1cccc(C(=O)Nc2ccccc2Oc2ccccc2)c1. The Bertz CT molecular complexity index is 847. The molecule has 0 aromatic heterocycles. The molecule has 0 spiro atoms. The molecule has 4 heteroatoms. The van der Waals surface area contributed by atoms with E-state index in [9.17, 15) is 4.79 Å². The molecule has 0 heterocycles. The summed E-state index contributed by atoms with van der Waals surface area (Å²) in [5.41, 5.74) is 1.14. The van der Waals surface area contributed by atoms with Crippen LogP contribution in [0.15, 0.2) is 78.9 Å². The van der Waals surface area contributed by atoms with Crippen LogP contribution in [0.25, 0.3) is 0 Å². The van der Waals surface area contributed by atoms with Gasteiger partial charge in [0.2, 0.25) is 0 Å². The standard InChI is InChI=1S/C21H19NO3/c1-2-24-18-12-8-9-16(15-18)21(23)22-19-13-6-7-14-20(19)25-17-10-4-3-5-11-17/h3-15H,2H2,1H3,(H,22,23). The van der Waals surface area contributed by atoms with E-state index < -0.39 is 0 Å². The molecule has 0 aliphatic carbocycles. The number of anilines is 1. The maximum absolute atomic E-state index is 12.6. The number of benzene rings is 3. The summed E-state index contributed by atoms with van der Waals surface area (Å²) in [4.78, 5) is 12.6. The van der Waals surface area contributed by atoms with Gasteiger partial charge in [-0.15, -0.1) is 0 Å². The molecule has 0 aliphatic rings. The third-order valence-corrected chi connectivity index (χ3v) is 3.51. The van der Waals surface area contributed by atoms with E-state index >= 15 is 0 Å². The molecule has 25 heavy (non-hydrogen) atoms. The van der Waals surface area contributed by atoms with Crippen LogP contribution in [-0.4, -0.2) is 12.5 Å². The van der Waals surface area contributed by atoms with E-state index in [2.05, 4.69) is 5.32 Å². The van der Waals surface area contributed by atoms with Crippen molar-refractivity contribution in [3.63, 3.8) is 0 Å². The molecule has 4 nitrogen and oxygen atoms in total. The zero-order chi connectivity index (χ0) is 17.5. The van der Waals surface area contributed by atoms with Crippen LogP contribution in [0.1, 0.15) is 17.3 Å². The molecule has 0 saturated heterocycles. The van der Waals surface area contributed by atoms with Gasteiger partial charge in [-0.2, -0.15) is 0 Å². The molecule has 1 N–H and O–H groups in total. The summed E-state index contributed by atoms with van der Waals surface area (Å²) in [6.45, 7) is 2.46. The molecule has 3 aromatic carbocycles. The normalized spacial score (nSPS) is 10.1. The Morgan fingerprint density at radius 2 is 1.60 bits per heavy atom. The second kappa shape index (κ2) is 8.02. The van der Waals surface area contributed by atoms with Crippen LogP contribution in [0.3, 0.4) is 0 Å². The van der Waals surface area contributed by atoms with Crippen molar-refractivity contribution in [1.82, 2.24) is 0 Å². The summed E-state index contributed by atoms with van der Waals surface area (Å²) < 4.78 is 11.3. The lowest BCUT2D eigenvalue weighted by Gasteiger charge is -2.12. The van der Waals surface area contributed by atoms with E-state index in [1.165, 1.54) is 0 Å². The second-order valence-electron chi connectivity index (χ2n) is 5.33. The summed E-state index contributed by atoms with van der Waals surface area (Å²) in [5.74, 6) is 1.75. The third-order valence-electron chi connectivity index (χ3n) is 3.51. The van der Waals surface area contributed by atoms with Crippen LogP contribution >= 0.6 is 0 Å². The quantitative estimate of drug-likeness (QED) is 0.680. The molecule has 0 fully saturated rings. The Labute approximate surface area is 147 Å². The lowest BCUT2D eigenvalue weighted by molar-refractivity contribution is 0.102. The fraction of sp³-hybridized carbons (Fsp3) is 0.0952. The molecule has 0 unspecified atom stereocenters. The first-order valence-corrected chi connectivity index (χ1v) is 8.12. The minimum Gasteiger partial charge on any atom is -0.494 e. The third kappa shape index (κ3) is 4.38. The average Bonchev–Trinajstić information content (AvgIpc) is 2.65. The number of rotatable bonds is 6. The van der Waals surface area contributed by atoms with E-state index in [1.807, 2.05) is 67.6 Å². The predicted molar refractivity (Wildman–Crippen MR) is 98.5 cm³/mol. The lowest BCUT2D eigenvalue weighted by atomic mass is 10.2. The number of carbonyl (C=O) groups excluding carboxylic acids is 1. The number of hydrogen-bond donors (Lipinski definition) is 1. The van der Waals surface area contributed by atoms with Gasteiger partial charge in [0.05, 0.1) is 12.3 Å². The molecule has 0 radical (unpaired) electrons. The molecular weight excluding hydrogens is 314 g/mol. The van der Waals surface area contributed by atoms with Gasteiger partial charge in [0.25, 0.3) is 5.91 Å². The van der Waals surface area contributed by atoms with Crippen molar-refractivity contribution < 1.29 is 14.3 Å². The maximum Gasteiger partial charge on any atom is 0.255 e. The van der Waals surface area contributed by atoms with Crippen molar-refractivity contribution in [3.05, 3.63) is 84.4 Å². The van der Waals surface area contributed by atoms with Gasteiger partial charge in [0.15, 0.2) is 5.75 Å². The molecular formula is C21H19NO3. The van der Waals surface area contributed by atoms with Crippen LogP contribution in [-0.2, 0) is 0 Å². The highest BCUT2D eigenvalue weighted by Gasteiger charge is 2.11. The van der Waals surface area contributed by atoms with Crippen LogP contribution in [0.5, 0.6) is 17.2 Å². The van der Waals surface area contributed by atoms with Gasteiger partial charge in [-0.3, -0.25) is 4.79 Å². The largest absolute Gasteiger partial charge is 0.494 e. The monoisotopic (exact) mass is 333 g/mol. The van der Waals surface area contributed by atoms with E-state index in [0.717, 1.165) is 0 Å².